The van der Waals surface area contributed by atoms with Crippen LogP contribution in [0.4, 0.5) is 0 Å². The van der Waals surface area contributed by atoms with E-state index in [0.29, 0.717) is 12.8 Å². The lowest BCUT2D eigenvalue weighted by atomic mass is 10.1. The minimum Gasteiger partial charge on any atom is -0.480 e. The maximum atomic E-state index is 10.3. The standard InChI is InChI=1S/C7H11N3O2/c8-6(7(11)12)2-1-5-3-9-10-4-5/h3-4,6H,1-2,8H2,(H,9,10)(H,11,12)/t6-/m0/s1. The summed E-state index contributed by atoms with van der Waals surface area (Å²) < 4.78 is 0. The number of aromatic nitrogens is 2. The SMILES string of the molecule is N[C@@H](CCc1cn[nH]c1)C(=O)O. The number of hydrogen-bond acceptors (Lipinski definition) is 3. The topological polar surface area (TPSA) is 92.0 Å². The zero-order chi connectivity index (χ0) is 8.97. The van der Waals surface area contributed by atoms with E-state index >= 15 is 0 Å². The number of nitrogens with two attached hydrogens (primary N) is 1. The second-order valence-corrected chi connectivity index (χ2v) is 2.59. The number of carbonyl (C=O) groups is 1. The molecule has 0 aliphatic carbocycles. The van der Waals surface area contributed by atoms with Crippen molar-refractivity contribution in [2.24, 2.45) is 5.73 Å². The van der Waals surface area contributed by atoms with E-state index in [-0.39, 0.29) is 0 Å². The molecule has 5 nitrogen and oxygen atoms in total. The van der Waals surface area contributed by atoms with Gasteiger partial charge in [0.05, 0.1) is 6.20 Å². The second-order valence-electron chi connectivity index (χ2n) is 2.59. The summed E-state index contributed by atoms with van der Waals surface area (Å²) in [4.78, 5) is 10.3. The maximum Gasteiger partial charge on any atom is 0.320 e. The van der Waals surface area contributed by atoms with Crippen molar-refractivity contribution in [3.8, 4) is 0 Å². The predicted molar refractivity (Wildman–Crippen MR) is 42.5 cm³/mol. The number of aliphatic carboxylic acids is 1. The van der Waals surface area contributed by atoms with Gasteiger partial charge in [-0.25, -0.2) is 0 Å². The Hall–Kier alpha value is -1.36. The van der Waals surface area contributed by atoms with Gasteiger partial charge in [0.2, 0.25) is 0 Å². The molecule has 0 radical (unpaired) electrons. The molecule has 1 aromatic heterocycles. The van der Waals surface area contributed by atoms with Crippen LogP contribution < -0.4 is 5.73 Å². The van der Waals surface area contributed by atoms with Crippen LogP contribution in [0.3, 0.4) is 0 Å². The van der Waals surface area contributed by atoms with E-state index in [9.17, 15) is 4.79 Å². The third-order valence-corrected chi connectivity index (χ3v) is 1.62. The molecule has 1 heterocycles. The highest BCUT2D eigenvalue weighted by atomic mass is 16.4. The van der Waals surface area contributed by atoms with Crippen molar-refractivity contribution in [3.05, 3.63) is 18.0 Å². The fourth-order valence-electron chi connectivity index (χ4n) is 0.860. The lowest BCUT2D eigenvalue weighted by Crippen LogP contribution is -2.30. The van der Waals surface area contributed by atoms with Crippen LogP contribution in [0, 0.1) is 0 Å². The van der Waals surface area contributed by atoms with E-state index in [4.69, 9.17) is 10.8 Å². The normalized spacial score (nSPS) is 12.8. The van der Waals surface area contributed by atoms with Gasteiger partial charge in [-0.1, -0.05) is 0 Å². The van der Waals surface area contributed by atoms with Gasteiger partial charge in [-0.05, 0) is 18.4 Å². The van der Waals surface area contributed by atoms with Gasteiger partial charge in [0.1, 0.15) is 6.04 Å². The highest BCUT2D eigenvalue weighted by molar-refractivity contribution is 5.73. The molecule has 1 aromatic rings. The number of nitrogens with zero attached hydrogens (tertiary/aromatic N) is 1. The summed E-state index contributed by atoms with van der Waals surface area (Å²) in [6.07, 6.45) is 4.47. The molecular weight excluding hydrogens is 158 g/mol. The molecule has 0 bridgehead atoms. The smallest absolute Gasteiger partial charge is 0.320 e. The Labute approximate surface area is 69.6 Å². The van der Waals surface area contributed by atoms with Crippen molar-refractivity contribution < 1.29 is 9.90 Å². The van der Waals surface area contributed by atoms with E-state index in [0.717, 1.165) is 5.56 Å². The minimum atomic E-state index is -0.960. The Morgan fingerprint density at radius 3 is 3.08 bits per heavy atom. The summed E-state index contributed by atoms with van der Waals surface area (Å²) >= 11 is 0. The van der Waals surface area contributed by atoms with E-state index in [2.05, 4.69) is 10.2 Å². The Balaban J connectivity index is 2.31. The molecule has 0 aromatic carbocycles. The highest BCUT2D eigenvalue weighted by Gasteiger charge is 2.10. The predicted octanol–water partition coefficient (Wildman–Crippen LogP) is -0.246. The molecule has 1 rings (SSSR count). The van der Waals surface area contributed by atoms with E-state index in [1.165, 1.54) is 0 Å². The lowest BCUT2D eigenvalue weighted by Gasteiger charge is -2.03. The van der Waals surface area contributed by atoms with Gasteiger partial charge >= 0.3 is 5.97 Å². The average molecular weight is 169 g/mol. The first-order chi connectivity index (χ1) is 5.70. The van der Waals surface area contributed by atoms with Gasteiger partial charge in [0.25, 0.3) is 0 Å². The summed E-state index contributed by atoms with van der Waals surface area (Å²) in [7, 11) is 0. The minimum absolute atomic E-state index is 0.439. The monoisotopic (exact) mass is 169 g/mol. The van der Waals surface area contributed by atoms with Crippen LogP contribution in [-0.4, -0.2) is 27.3 Å². The quantitative estimate of drug-likeness (QED) is 0.579. The summed E-state index contributed by atoms with van der Waals surface area (Å²) in [6, 6.07) is -0.778. The van der Waals surface area contributed by atoms with Crippen LogP contribution in [0.15, 0.2) is 12.4 Å². The first-order valence-corrected chi connectivity index (χ1v) is 3.66. The highest BCUT2D eigenvalue weighted by Crippen LogP contribution is 2.00. The fraction of sp³-hybridized carbons (Fsp3) is 0.429. The average Bonchev–Trinajstić information content (AvgIpc) is 2.51. The number of aryl methyl sites for hydroxylation is 1. The van der Waals surface area contributed by atoms with Gasteiger partial charge in [-0.15, -0.1) is 0 Å². The third-order valence-electron chi connectivity index (χ3n) is 1.62. The van der Waals surface area contributed by atoms with Crippen molar-refractivity contribution in [2.75, 3.05) is 0 Å². The van der Waals surface area contributed by atoms with Crippen LogP contribution >= 0.6 is 0 Å². The number of hydrogen-bond donors (Lipinski definition) is 3. The molecule has 0 fully saturated rings. The van der Waals surface area contributed by atoms with Crippen molar-refractivity contribution in [2.45, 2.75) is 18.9 Å². The van der Waals surface area contributed by atoms with E-state index in [1.54, 1.807) is 12.4 Å². The van der Waals surface area contributed by atoms with E-state index < -0.39 is 12.0 Å². The fourth-order valence-corrected chi connectivity index (χ4v) is 0.860. The molecule has 5 heteroatoms. The largest absolute Gasteiger partial charge is 0.480 e. The van der Waals surface area contributed by atoms with Crippen LogP contribution in [-0.2, 0) is 11.2 Å². The van der Waals surface area contributed by atoms with E-state index in [1.807, 2.05) is 0 Å². The Bertz CT molecular complexity index is 245. The van der Waals surface area contributed by atoms with Gasteiger partial charge in [0.15, 0.2) is 0 Å². The van der Waals surface area contributed by atoms with Crippen molar-refractivity contribution in [3.63, 3.8) is 0 Å². The van der Waals surface area contributed by atoms with Gasteiger partial charge < -0.3 is 10.8 Å². The molecule has 0 saturated heterocycles. The number of carboxylic acid groups (broad SMARTS) is 1. The molecular formula is C7H11N3O2. The first-order valence-electron chi connectivity index (χ1n) is 3.66. The number of H-pyrrole nitrogens is 1. The molecule has 0 saturated carbocycles. The first kappa shape index (κ1) is 8.73. The molecule has 0 aliphatic rings. The van der Waals surface area contributed by atoms with Crippen molar-refractivity contribution in [1.82, 2.24) is 10.2 Å². The summed E-state index contributed by atoms with van der Waals surface area (Å²) in [5, 5.41) is 14.8. The third kappa shape index (κ3) is 2.35. The van der Waals surface area contributed by atoms with Crippen molar-refractivity contribution in [1.29, 1.82) is 0 Å². The van der Waals surface area contributed by atoms with Crippen LogP contribution in [0.1, 0.15) is 12.0 Å². The maximum absolute atomic E-state index is 10.3. The van der Waals surface area contributed by atoms with Crippen molar-refractivity contribution >= 4 is 5.97 Å². The van der Waals surface area contributed by atoms with Gasteiger partial charge in [-0.3, -0.25) is 9.89 Å². The number of rotatable bonds is 4. The van der Waals surface area contributed by atoms with Crippen LogP contribution in [0.2, 0.25) is 0 Å². The molecule has 0 aliphatic heterocycles. The molecule has 66 valence electrons. The summed E-state index contributed by atoms with van der Waals surface area (Å²) in [6.45, 7) is 0. The van der Waals surface area contributed by atoms with Gasteiger partial charge in [0, 0.05) is 6.20 Å². The molecule has 0 unspecified atom stereocenters. The van der Waals surface area contributed by atoms with Crippen LogP contribution in [0.5, 0.6) is 0 Å². The Kier molecular flexibility index (Phi) is 2.82. The summed E-state index contributed by atoms with van der Waals surface area (Å²) in [5.74, 6) is -0.960. The van der Waals surface area contributed by atoms with Gasteiger partial charge in [-0.2, -0.15) is 5.10 Å². The Morgan fingerprint density at radius 2 is 2.58 bits per heavy atom. The molecule has 12 heavy (non-hydrogen) atoms. The van der Waals surface area contributed by atoms with Crippen LogP contribution in [0.25, 0.3) is 0 Å². The molecule has 0 amide bonds. The second kappa shape index (κ2) is 3.87. The lowest BCUT2D eigenvalue weighted by molar-refractivity contribution is -0.138. The Morgan fingerprint density at radius 1 is 1.83 bits per heavy atom. The molecule has 4 N–H and O–H groups in total. The zero-order valence-electron chi connectivity index (χ0n) is 6.53. The molecule has 0 spiro atoms. The number of nitrogens with one attached hydrogen (secondary N) is 1. The zero-order valence-corrected chi connectivity index (χ0v) is 6.53. The molecule has 1 atom stereocenters. The number of aromatic amines is 1. The number of carboxylic acids is 1. The summed E-state index contributed by atoms with van der Waals surface area (Å²) in [5.41, 5.74) is 6.28.